The molecule has 4 heteroatoms. The lowest BCUT2D eigenvalue weighted by Crippen LogP contribution is -2.50. The maximum atomic E-state index is 12.4. The molecule has 1 unspecified atom stereocenters. The molecule has 1 atom stereocenters. The molecular weight excluding hydrogens is 276 g/mol. The summed E-state index contributed by atoms with van der Waals surface area (Å²) in [4.78, 5) is 25.9. The Morgan fingerprint density at radius 1 is 1.27 bits per heavy atom. The number of rotatable bonds is 4. The quantitative estimate of drug-likeness (QED) is 0.869. The monoisotopic (exact) mass is 298 g/mol. The van der Waals surface area contributed by atoms with E-state index in [4.69, 9.17) is 0 Å². The zero-order valence-electron chi connectivity index (χ0n) is 13.1. The van der Waals surface area contributed by atoms with E-state index in [9.17, 15) is 9.59 Å². The summed E-state index contributed by atoms with van der Waals surface area (Å²) < 4.78 is 0. The van der Waals surface area contributed by atoms with Crippen molar-refractivity contribution in [2.75, 3.05) is 6.54 Å². The number of amides is 2. The van der Waals surface area contributed by atoms with Gasteiger partial charge in [-0.25, -0.2) is 0 Å². The molecule has 0 aromatic heterocycles. The van der Waals surface area contributed by atoms with Crippen LogP contribution >= 0.6 is 0 Å². The van der Waals surface area contributed by atoms with E-state index in [-0.39, 0.29) is 11.8 Å². The molecule has 1 heterocycles. The molecule has 1 saturated heterocycles. The molecule has 1 fully saturated rings. The van der Waals surface area contributed by atoms with Crippen LogP contribution in [0.2, 0.25) is 0 Å². The molecule has 0 saturated carbocycles. The lowest BCUT2D eigenvalue weighted by atomic mass is 10.0. The second kappa shape index (κ2) is 7.59. The molecule has 1 aromatic rings. The van der Waals surface area contributed by atoms with Crippen LogP contribution in [-0.4, -0.2) is 29.3 Å². The molecule has 22 heavy (non-hydrogen) atoms. The number of hydrogen-bond donors (Lipinski definition) is 1. The lowest BCUT2D eigenvalue weighted by molar-refractivity contribution is -0.135. The molecule has 1 aliphatic rings. The van der Waals surface area contributed by atoms with Crippen molar-refractivity contribution in [3.05, 3.63) is 53.7 Å². The number of carbonyl (C=O) groups is 2. The fraction of sp³-hybridized carbons (Fsp3) is 0.333. The normalized spacial score (nSPS) is 18.4. The largest absolute Gasteiger partial charge is 0.341 e. The summed E-state index contributed by atoms with van der Waals surface area (Å²) in [6.07, 6.45) is 6.81. The fourth-order valence-corrected chi connectivity index (χ4v) is 2.40. The van der Waals surface area contributed by atoms with Gasteiger partial charge in [-0.05, 0) is 38.3 Å². The van der Waals surface area contributed by atoms with E-state index in [0.29, 0.717) is 13.0 Å². The molecule has 1 aromatic carbocycles. The first-order chi connectivity index (χ1) is 10.6. The van der Waals surface area contributed by atoms with E-state index < -0.39 is 6.04 Å². The first kappa shape index (κ1) is 16.0. The first-order valence-electron chi connectivity index (χ1n) is 7.55. The minimum atomic E-state index is -0.433. The van der Waals surface area contributed by atoms with Crippen molar-refractivity contribution in [2.45, 2.75) is 32.7 Å². The van der Waals surface area contributed by atoms with Crippen molar-refractivity contribution in [3.63, 3.8) is 0 Å². The van der Waals surface area contributed by atoms with Gasteiger partial charge in [0, 0.05) is 18.8 Å². The Balaban J connectivity index is 1.99. The van der Waals surface area contributed by atoms with Crippen molar-refractivity contribution in [1.29, 1.82) is 0 Å². The summed E-state index contributed by atoms with van der Waals surface area (Å²) in [6.45, 7) is 4.41. The van der Waals surface area contributed by atoms with Gasteiger partial charge in [0.1, 0.15) is 6.04 Å². The van der Waals surface area contributed by atoms with Gasteiger partial charge >= 0.3 is 0 Å². The van der Waals surface area contributed by atoms with Gasteiger partial charge in [0.05, 0.1) is 0 Å². The highest BCUT2D eigenvalue weighted by molar-refractivity contribution is 5.93. The highest BCUT2D eigenvalue weighted by atomic mass is 16.2. The van der Waals surface area contributed by atoms with Crippen LogP contribution in [0.15, 0.2) is 48.2 Å². The molecule has 2 amide bonds. The Labute approximate surface area is 131 Å². The van der Waals surface area contributed by atoms with Crippen LogP contribution in [0.5, 0.6) is 0 Å². The van der Waals surface area contributed by atoms with Crippen molar-refractivity contribution in [1.82, 2.24) is 10.2 Å². The number of nitrogens with zero attached hydrogens (tertiary/aromatic N) is 1. The third-order valence-electron chi connectivity index (χ3n) is 3.46. The van der Waals surface area contributed by atoms with Crippen LogP contribution in [0.4, 0.5) is 0 Å². The first-order valence-corrected chi connectivity index (χ1v) is 7.55. The Bertz CT molecular complexity index is 586. The van der Waals surface area contributed by atoms with Gasteiger partial charge in [0.15, 0.2) is 0 Å². The summed E-state index contributed by atoms with van der Waals surface area (Å²) in [5.74, 6) is -0.249. The molecule has 116 valence electrons. The van der Waals surface area contributed by atoms with Crippen molar-refractivity contribution in [3.8, 4) is 0 Å². The number of piperidine rings is 1. The van der Waals surface area contributed by atoms with Crippen LogP contribution in [-0.2, 0) is 9.59 Å². The number of benzene rings is 1. The predicted octanol–water partition coefficient (Wildman–Crippen LogP) is 2.73. The van der Waals surface area contributed by atoms with Crippen molar-refractivity contribution < 1.29 is 9.59 Å². The zero-order valence-corrected chi connectivity index (χ0v) is 13.1. The molecule has 2 rings (SSSR count). The summed E-state index contributed by atoms with van der Waals surface area (Å²) in [7, 11) is 0. The van der Waals surface area contributed by atoms with E-state index in [0.717, 1.165) is 17.6 Å². The molecule has 1 N–H and O–H groups in total. The smallest absolute Gasteiger partial charge is 0.249 e. The van der Waals surface area contributed by atoms with Gasteiger partial charge < -0.3 is 10.2 Å². The van der Waals surface area contributed by atoms with E-state index in [1.54, 1.807) is 11.1 Å². The van der Waals surface area contributed by atoms with Crippen molar-refractivity contribution in [2.24, 2.45) is 0 Å². The number of allylic oxidation sites excluding steroid dienone is 1. The summed E-state index contributed by atoms with van der Waals surface area (Å²) in [6, 6.07) is 9.41. The second-order valence-corrected chi connectivity index (χ2v) is 5.68. The standard InChI is InChI=1S/C18H22N2O2/c1-14(2)13-17(21)19-16-9-6-11-20(18(16)22)12-10-15-7-4-3-5-8-15/h3-5,7-8,10,12-13,16H,6,9,11H2,1-2H3,(H,19,21). The summed E-state index contributed by atoms with van der Waals surface area (Å²) >= 11 is 0. The van der Waals surface area contributed by atoms with Gasteiger partial charge in [0.2, 0.25) is 11.8 Å². The Morgan fingerprint density at radius 3 is 2.68 bits per heavy atom. The van der Waals surface area contributed by atoms with Crippen LogP contribution in [0.3, 0.4) is 0 Å². The second-order valence-electron chi connectivity index (χ2n) is 5.68. The lowest BCUT2D eigenvalue weighted by Gasteiger charge is -2.30. The minimum absolute atomic E-state index is 0.0473. The number of likely N-dealkylation sites (tertiary alicyclic amines) is 1. The maximum absolute atomic E-state index is 12.4. The summed E-state index contributed by atoms with van der Waals surface area (Å²) in [5, 5.41) is 2.79. The van der Waals surface area contributed by atoms with Crippen LogP contribution in [0.25, 0.3) is 6.08 Å². The highest BCUT2D eigenvalue weighted by Crippen LogP contribution is 2.13. The molecule has 4 nitrogen and oxygen atoms in total. The fourth-order valence-electron chi connectivity index (χ4n) is 2.40. The van der Waals surface area contributed by atoms with E-state index >= 15 is 0 Å². The molecule has 1 aliphatic heterocycles. The van der Waals surface area contributed by atoms with Crippen LogP contribution in [0, 0.1) is 0 Å². The molecular formula is C18H22N2O2. The molecule has 0 spiro atoms. The molecule has 0 aliphatic carbocycles. The average molecular weight is 298 g/mol. The van der Waals surface area contributed by atoms with Gasteiger partial charge in [-0.3, -0.25) is 9.59 Å². The van der Waals surface area contributed by atoms with Crippen LogP contribution in [0.1, 0.15) is 32.3 Å². The number of carbonyl (C=O) groups excluding carboxylic acids is 2. The minimum Gasteiger partial charge on any atom is -0.341 e. The van der Waals surface area contributed by atoms with E-state index in [1.807, 2.05) is 50.3 Å². The highest BCUT2D eigenvalue weighted by Gasteiger charge is 2.28. The number of nitrogens with one attached hydrogen (secondary N) is 1. The van der Waals surface area contributed by atoms with Crippen LogP contribution < -0.4 is 5.32 Å². The average Bonchev–Trinajstić information content (AvgIpc) is 2.48. The topological polar surface area (TPSA) is 49.4 Å². The third kappa shape index (κ3) is 4.58. The van der Waals surface area contributed by atoms with E-state index in [1.165, 1.54) is 6.08 Å². The SMILES string of the molecule is CC(C)=CC(=O)NC1CCCN(C=Cc2ccccc2)C1=O. The van der Waals surface area contributed by atoms with Gasteiger partial charge in [-0.2, -0.15) is 0 Å². The molecule has 0 radical (unpaired) electrons. The predicted molar refractivity (Wildman–Crippen MR) is 87.8 cm³/mol. The Morgan fingerprint density at radius 2 is 2.00 bits per heavy atom. The Hall–Kier alpha value is -2.36. The van der Waals surface area contributed by atoms with Gasteiger partial charge in [0.25, 0.3) is 0 Å². The zero-order chi connectivity index (χ0) is 15.9. The van der Waals surface area contributed by atoms with Crippen molar-refractivity contribution >= 4 is 17.9 Å². The molecule has 0 bridgehead atoms. The van der Waals surface area contributed by atoms with E-state index in [2.05, 4.69) is 5.32 Å². The van der Waals surface area contributed by atoms with Gasteiger partial charge in [-0.1, -0.05) is 35.9 Å². The third-order valence-corrected chi connectivity index (χ3v) is 3.46. The number of hydrogen-bond acceptors (Lipinski definition) is 2. The summed E-state index contributed by atoms with van der Waals surface area (Å²) in [5.41, 5.74) is 1.97. The maximum Gasteiger partial charge on any atom is 0.249 e. The van der Waals surface area contributed by atoms with Gasteiger partial charge in [-0.15, -0.1) is 0 Å². The Kier molecular flexibility index (Phi) is 5.53.